The number of rotatable bonds is 7. The second-order valence-corrected chi connectivity index (χ2v) is 9.61. The van der Waals surface area contributed by atoms with Gasteiger partial charge in [0.25, 0.3) is 0 Å². The average molecular weight is 566 g/mol. The van der Waals surface area contributed by atoms with Gasteiger partial charge in [0.2, 0.25) is 11.8 Å². The summed E-state index contributed by atoms with van der Waals surface area (Å²) in [6.07, 6.45) is -9.02. The molecule has 0 bridgehead atoms. The van der Waals surface area contributed by atoms with E-state index in [1.807, 2.05) is 23.1 Å². The van der Waals surface area contributed by atoms with Gasteiger partial charge in [0.15, 0.2) is 0 Å². The molecular weight excluding hydrogens is 536 g/mol. The van der Waals surface area contributed by atoms with Crippen LogP contribution >= 0.6 is 0 Å². The minimum Gasteiger partial charge on any atom is -0.350 e. The summed E-state index contributed by atoms with van der Waals surface area (Å²) in [7, 11) is 0. The number of nitrogens with one attached hydrogen (secondary N) is 2. The normalized spacial score (nSPS) is 15.8. The van der Waals surface area contributed by atoms with Gasteiger partial charge in [0, 0.05) is 19.6 Å². The average Bonchev–Trinajstić information content (AvgIpc) is 2.92. The second-order valence-electron chi connectivity index (χ2n) is 9.61. The summed E-state index contributed by atoms with van der Waals surface area (Å²) in [6.45, 7) is 0.258. The van der Waals surface area contributed by atoms with E-state index in [1.165, 1.54) is 0 Å². The first kappa shape index (κ1) is 29.1. The van der Waals surface area contributed by atoms with Gasteiger partial charge >= 0.3 is 12.4 Å². The van der Waals surface area contributed by atoms with E-state index in [1.54, 1.807) is 42.5 Å². The van der Waals surface area contributed by atoms with Crippen LogP contribution in [0.2, 0.25) is 0 Å². The minimum atomic E-state index is -4.98. The van der Waals surface area contributed by atoms with E-state index in [2.05, 4.69) is 10.6 Å². The lowest BCUT2D eigenvalue weighted by Gasteiger charge is -2.36. The van der Waals surface area contributed by atoms with Gasteiger partial charge in [-0.25, -0.2) is 0 Å². The zero-order chi connectivity index (χ0) is 28.9. The maximum atomic E-state index is 13.4. The first-order chi connectivity index (χ1) is 18.9. The number of para-hydroxylation sites is 1. The zero-order valence-corrected chi connectivity index (χ0v) is 21.2. The highest BCUT2D eigenvalue weighted by Gasteiger charge is 2.37. The van der Waals surface area contributed by atoms with Gasteiger partial charge in [-0.3, -0.25) is 14.5 Å². The quantitative estimate of drug-likeness (QED) is 0.315. The fourth-order valence-electron chi connectivity index (χ4n) is 4.76. The number of carbonyl (C=O) groups is 2. The third-order valence-corrected chi connectivity index (χ3v) is 6.78. The number of alkyl halides is 6. The van der Waals surface area contributed by atoms with Crippen molar-refractivity contribution in [3.8, 4) is 0 Å². The van der Waals surface area contributed by atoms with Crippen LogP contribution in [0.1, 0.15) is 42.6 Å². The molecule has 214 valence electrons. The number of halogens is 6. The van der Waals surface area contributed by atoms with Gasteiger partial charge in [-0.05, 0) is 67.4 Å². The van der Waals surface area contributed by atoms with Gasteiger partial charge in [-0.1, -0.05) is 48.5 Å². The van der Waals surface area contributed by atoms with Crippen molar-refractivity contribution in [3.63, 3.8) is 0 Å². The van der Waals surface area contributed by atoms with Crippen molar-refractivity contribution in [1.82, 2.24) is 10.2 Å². The van der Waals surface area contributed by atoms with E-state index in [0.29, 0.717) is 49.3 Å². The molecule has 1 fully saturated rings. The Labute approximate surface area is 228 Å². The van der Waals surface area contributed by atoms with Crippen LogP contribution in [-0.4, -0.2) is 29.8 Å². The molecule has 1 unspecified atom stereocenters. The van der Waals surface area contributed by atoms with Gasteiger partial charge < -0.3 is 10.6 Å². The van der Waals surface area contributed by atoms with Crippen molar-refractivity contribution in [1.29, 1.82) is 0 Å². The Morgan fingerprint density at radius 3 is 1.88 bits per heavy atom. The lowest BCUT2D eigenvalue weighted by molar-refractivity contribution is -0.143. The van der Waals surface area contributed by atoms with E-state index >= 15 is 0 Å². The molecular formula is C29H29F6N3O2. The SMILES string of the molecule is O=C(Nc1ccccc1)C1CCN(C(C(=O)NCc2cc(C(F)(F)F)cc(C(F)(F)F)c2)c2ccccc2)CC1.[HH]. The standard InChI is InChI=1S/C29H27F6N3O2.H2/c30-28(31,32)22-15-19(16-23(17-22)29(33,34)35)18-36-27(40)25(20-7-3-1-4-8-20)38-13-11-21(12-14-38)26(39)37-24-9-5-2-6-10-24;/h1-10,15-17,21,25H,11-14,18H2,(H,36,40)(H,37,39);1H. The molecule has 0 aromatic heterocycles. The number of benzene rings is 3. The van der Waals surface area contributed by atoms with Crippen LogP contribution in [0.4, 0.5) is 32.0 Å². The zero-order valence-electron chi connectivity index (χ0n) is 21.2. The van der Waals surface area contributed by atoms with Crippen molar-refractivity contribution in [2.45, 2.75) is 37.8 Å². The molecule has 0 aliphatic carbocycles. The van der Waals surface area contributed by atoms with Crippen molar-refractivity contribution in [3.05, 3.63) is 101 Å². The molecule has 0 radical (unpaired) electrons. The number of nitrogens with zero attached hydrogens (tertiary/aromatic N) is 1. The number of piperidine rings is 1. The van der Waals surface area contributed by atoms with Crippen molar-refractivity contribution in [2.75, 3.05) is 18.4 Å². The van der Waals surface area contributed by atoms with E-state index in [9.17, 15) is 35.9 Å². The smallest absolute Gasteiger partial charge is 0.350 e. The van der Waals surface area contributed by atoms with Crippen molar-refractivity contribution in [2.24, 2.45) is 5.92 Å². The first-order valence-electron chi connectivity index (χ1n) is 12.6. The Kier molecular flexibility index (Phi) is 8.82. The Balaban J connectivity index is 0.00000462. The van der Waals surface area contributed by atoms with Crippen LogP contribution in [0.5, 0.6) is 0 Å². The molecule has 2 N–H and O–H groups in total. The van der Waals surface area contributed by atoms with Crippen LogP contribution < -0.4 is 10.6 Å². The van der Waals surface area contributed by atoms with Crippen LogP contribution in [0, 0.1) is 5.92 Å². The van der Waals surface area contributed by atoms with E-state index in [-0.39, 0.29) is 24.9 Å². The van der Waals surface area contributed by atoms with Crippen molar-refractivity contribution < 1.29 is 37.4 Å². The molecule has 3 aromatic carbocycles. The number of amides is 2. The number of anilines is 1. The molecule has 1 heterocycles. The summed E-state index contributed by atoms with van der Waals surface area (Å²) < 4.78 is 79.5. The minimum absolute atomic E-state index is 0. The fourth-order valence-corrected chi connectivity index (χ4v) is 4.76. The summed E-state index contributed by atoms with van der Waals surface area (Å²) in [6, 6.07) is 18.1. The highest BCUT2D eigenvalue weighted by Crippen LogP contribution is 2.36. The molecule has 1 aliphatic rings. The predicted molar refractivity (Wildman–Crippen MR) is 139 cm³/mol. The number of carbonyl (C=O) groups excluding carboxylic acids is 2. The molecule has 0 saturated carbocycles. The topological polar surface area (TPSA) is 61.4 Å². The first-order valence-corrected chi connectivity index (χ1v) is 12.6. The van der Waals surface area contributed by atoms with Gasteiger partial charge in [-0.15, -0.1) is 0 Å². The molecule has 5 nitrogen and oxygen atoms in total. The number of hydrogen-bond donors (Lipinski definition) is 2. The molecule has 1 aliphatic heterocycles. The summed E-state index contributed by atoms with van der Waals surface area (Å²) in [4.78, 5) is 28.0. The third kappa shape index (κ3) is 7.41. The molecule has 3 aromatic rings. The lowest BCUT2D eigenvalue weighted by atomic mass is 9.93. The second kappa shape index (κ2) is 12.1. The monoisotopic (exact) mass is 565 g/mol. The highest BCUT2D eigenvalue weighted by atomic mass is 19.4. The Bertz CT molecular complexity index is 1280. The Hall–Kier alpha value is -3.86. The van der Waals surface area contributed by atoms with E-state index in [0.717, 1.165) is 0 Å². The van der Waals surface area contributed by atoms with Gasteiger partial charge in [0.05, 0.1) is 11.1 Å². The van der Waals surface area contributed by atoms with Crippen LogP contribution in [0.3, 0.4) is 0 Å². The van der Waals surface area contributed by atoms with Gasteiger partial charge in [0.1, 0.15) is 6.04 Å². The van der Waals surface area contributed by atoms with Crippen LogP contribution in [-0.2, 0) is 28.5 Å². The molecule has 4 rings (SSSR count). The number of hydrogen-bond acceptors (Lipinski definition) is 3. The van der Waals surface area contributed by atoms with Crippen molar-refractivity contribution >= 4 is 17.5 Å². The maximum absolute atomic E-state index is 13.4. The molecule has 2 amide bonds. The molecule has 0 spiro atoms. The number of likely N-dealkylation sites (tertiary alicyclic amines) is 1. The maximum Gasteiger partial charge on any atom is 0.416 e. The predicted octanol–water partition coefficient (Wildman–Crippen LogP) is 6.68. The molecule has 40 heavy (non-hydrogen) atoms. The van der Waals surface area contributed by atoms with Gasteiger partial charge in [-0.2, -0.15) is 26.3 Å². The lowest BCUT2D eigenvalue weighted by Crippen LogP contribution is -2.45. The highest BCUT2D eigenvalue weighted by molar-refractivity contribution is 5.92. The molecule has 1 atom stereocenters. The summed E-state index contributed by atoms with van der Waals surface area (Å²) in [5.41, 5.74) is -1.91. The third-order valence-electron chi connectivity index (χ3n) is 6.78. The van der Waals surface area contributed by atoms with Crippen LogP contribution in [0.15, 0.2) is 78.9 Å². The van der Waals surface area contributed by atoms with E-state index in [4.69, 9.17) is 0 Å². The summed E-state index contributed by atoms with van der Waals surface area (Å²) in [5.74, 6) is -0.970. The van der Waals surface area contributed by atoms with Crippen LogP contribution in [0.25, 0.3) is 0 Å². The molecule has 11 heteroatoms. The molecule has 1 saturated heterocycles. The Morgan fingerprint density at radius 1 is 0.825 bits per heavy atom. The Morgan fingerprint density at radius 2 is 1.35 bits per heavy atom. The van der Waals surface area contributed by atoms with E-state index < -0.39 is 42.0 Å². The fraction of sp³-hybridized carbons (Fsp3) is 0.310. The largest absolute Gasteiger partial charge is 0.416 e. The summed E-state index contributed by atoms with van der Waals surface area (Å²) >= 11 is 0. The summed E-state index contributed by atoms with van der Waals surface area (Å²) in [5, 5.41) is 5.41.